The van der Waals surface area contributed by atoms with Crippen LogP contribution in [-0.4, -0.2) is 49.6 Å². The zero-order valence-electron chi connectivity index (χ0n) is 11.1. The summed E-state index contributed by atoms with van der Waals surface area (Å²) in [5.41, 5.74) is 0. The predicted octanol–water partition coefficient (Wildman–Crippen LogP) is 0.198. The molecule has 1 amide bonds. The quantitative estimate of drug-likeness (QED) is 0.540. The highest BCUT2D eigenvalue weighted by Gasteiger charge is 2.38. The van der Waals surface area contributed by atoms with Gasteiger partial charge in [0.1, 0.15) is 0 Å². The molecule has 2 aliphatic heterocycles. The highest BCUT2D eigenvalue weighted by atomic mass is 16.1. The molecule has 2 aliphatic rings. The van der Waals surface area contributed by atoms with Gasteiger partial charge in [0, 0.05) is 18.6 Å². The first-order valence-corrected chi connectivity index (χ1v) is 6.83. The van der Waals surface area contributed by atoms with Crippen LogP contribution in [0, 0.1) is 18.3 Å². The molecular formula is C14H23N3O. The second-order valence-electron chi connectivity index (χ2n) is 5.50. The van der Waals surface area contributed by atoms with E-state index in [1.165, 1.54) is 25.7 Å². The molecule has 100 valence electrons. The molecule has 0 aromatic carbocycles. The van der Waals surface area contributed by atoms with Crippen molar-refractivity contribution in [3.8, 4) is 12.3 Å². The number of hydrogen-bond acceptors (Lipinski definition) is 3. The van der Waals surface area contributed by atoms with E-state index in [1.807, 2.05) is 0 Å². The fourth-order valence-corrected chi connectivity index (χ4v) is 3.26. The van der Waals surface area contributed by atoms with Gasteiger partial charge in [-0.3, -0.25) is 10.1 Å². The highest BCUT2D eigenvalue weighted by molar-refractivity contribution is 5.77. The summed E-state index contributed by atoms with van der Waals surface area (Å²) in [5, 5.41) is 5.91. The summed E-state index contributed by atoms with van der Waals surface area (Å²) in [4.78, 5) is 14.1. The summed E-state index contributed by atoms with van der Waals surface area (Å²) in [5.74, 6) is 3.16. The first-order valence-electron chi connectivity index (χ1n) is 6.83. The van der Waals surface area contributed by atoms with Gasteiger partial charge in [-0.15, -0.1) is 6.42 Å². The Kier molecular flexibility index (Phi) is 4.62. The van der Waals surface area contributed by atoms with Crippen molar-refractivity contribution in [2.45, 2.75) is 37.8 Å². The molecule has 0 aromatic heterocycles. The van der Waals surface area contributed by atoms with Crippen LogP contribution in [0.5, 0.6) is 0 Å². The maximum atomic E-state index is 11.6. The van der Waals surface area contributed by atoms with E-state index in [0.717, 1.165) is 18.6 Å². The molecule has 2 unspecified atom stereocenters. The Morgan fingerprint density at radius 2 is 2.06 bits per heavy atom. The van der Waals surface area contributed by atoms with Gasteiger partial charge in [-0.05, 0) is 38.6 Å². The molecule has 0 radical (unpaired) electrons. The first-order chi connectivity index (χ1) is 8.70. The average molecular weight is 249 g/mol. The first kappa shape index (κ1) is 13.4. The molecule has 2 fully saturated rings. The lowest BCUT2D eigenvalue weighted by atomic mass is 9.91. The molecular weight excluding hydrogens is 226 g/mol. The molecule has 0 spiro atoms. The van der Waals surface area contributed by atoms with Crippen molar-refractivity contribution in [2.75, 3.05) is 26.7 Å². The van der Waals surface area contributed by atoms with Gasteiger partial charge in [-0.1, -0.05) is 5.92 Å². The Balaban J connectivity index is 1.66. The Hall–Kier alpha value is -1.05. The largest absolute Gasteiger partial charge is 0.355 e. The molecule has 2 saturated heterocycles. The maximum absolute atomic E-state index is 11.6. The minimum Gasteiger partial charge on any atom is -0.355 e. The number of amides is 1. The molecule has 18 heavy (non-hydrogen) atoms. The number of fused-ring (bicyclic) bond motifs is 2. The van der Waals surface area contributed by atoms with Crippen LogP contribution < -0.4 is 10.6 Å². The molecule has 0 aromatic rings. The number of rotatable bonds is 5. The fourth-order valence-electron chi connectivity index (χ4n) is 3.26. The molecule has 0 saturated carbocycles. The van der Waals surface area contributed by atoms with Gasteiger partial charge in [0.15, 0.2) is 0 Å². The van der Waals surface area contributed by atoms with Crippen molar-refractivity contribution < 1.29 is 4.79 Å². The molecule has 0 aliphatic carbocycles. The number of hydrogen-bond donors (Lipinski definition) is 2. The summed E-state index contributed by atoms with van der Waals surface area (Å²) in [6.45, 7) is 1.59. The third kappa shape index (κ3) is 3.24. The third-order valence-electron chi connectivity index (χ3n) is 4.30. The Morgan fingerprint density at radius 1 is 1.39 bits per heavy atom. The van der Waals surface area contributed by atoms with Gasteiger partial charge < -0.3 is 10.2 Å². The van der Waals surface area contributed by atoms with Gasteiger partial charge in [0.05, 0.1) is 13.1 Å². The van der Waals surface area contributed by atoms with Crippen molar-refractivity contribution >= 4 is 5.91 Å². The topological polar surface area (TPSA) is 44.4 Å². The second-order valence-corrected chi connectivity index (χ2v) is 5.50. The molecule has 2 atom stereocenters. The van der Waals surface area contributed by atoms with Crippen LogP contribution >= 0.6 is 0 Å². The van der Waals surface area contributed by atoms with E-state index in [0.29, 0.717) is 19.0 Å². The van der Waals surface area contributed by atoms with Crippen LogP contribution in [0.4, 0.5) is 0 Å². The fraction of sp³-hybridized carbons (Fsp3) is 0.786. The Morgan fingerprint density at radius 3 is 2.67 bits per heavy atom. The van der Waals surface area contributed by atoms with E-state index in [2.05, 4.69) is 28.5 Å². The summed E-state index contributed by atoms with van der Waals surface area (Å²) in [6, 6.07) is 1.48. The number of nitrogens with one attached hydrogen (secondary N) is 2. The average Bonchev–Trinajstić information content (AvgIpc) is 2.60. The standard InChI is InChI=1S/C14H23N3O/c1-3-6-15-10-14(18)16-9-11-7-12-4-5-13(8-11)17(12)2/h1,11-13,15H,4-10H2,2H3,(H,16,18). The zero-order chi connectivity index (χ0) is 13.0. The SMILES string of the molecule is C#CCNCC(=O)NCC1CC2CCC(C1)N2C. The number of carbonyl (C=O) groups excluding carboxylic acids is 1. The van der Waals surface area contributed by atoms with E-state index in [1.54, 1.807) is 0 Å². The minimum absolute atomic E-state index is 0.0523. The van der Waals surface area contributed by atoms with Gasteiger partial charge in [-0.25, -0.2) is 0 Å². The van der Waals surface area contributed by atoms with Gasteiger partial charge in [0.2, 0.25) is 5.91 Å². The van der Waals surface area contributed by atoms with Crippen molar-refractivity contribution in [1.29, 1.82) is 0 Å². The van der Waals surface area contributed by atoms with E-state index in [-0.39, 0.29) is 5.91 Å². The van der Waals surface area contributed by atoms with Crippen LogP contribution in [0.15, 0.2) is 0 Å². The van der Waals surface area contributed by atoms with E-state index in [4.69, 9.17) is 6.42 Å². The predicted molar refractivity (Wildman–Crippen MR) is 72.0 cm³/mol. The molecule has 2 bridgehead atoms. The lowest BCUT2D eigenvalue weighted by molar-refractivity contribution is -0.120. The molecule has 4 nitrogen and oxygen atoms in total. The number of terminal acetylenes is 1. The summed E-state index contributed by atoms with van der Waals surface area (Å²) < 4.78 is 0. The van der Waals surface area contributed by atoms with Crippen LogP contribution in [0.2, 0.25) is 0 Å². The van der Waals surface area contributed by atoms with Crippen molar-refractivity contribution in [2.24, 2.45) is 5.92 Å². The smallest absolute Gasteiger partial charge is 0.233 e. The number of piperidine rings is 1. The highest BCUT2D eigenvalue weighted by Crippen LogP contribution is 2.36. The summed E-state index contributed by atoms with van der Waals surface area (Å²) >= 11 is 0. The van der Waals surface area contributed by atoms with E-state index < -0.39 is 0 Å². The van der Waals surface area contributed by atoms with Crippen LogP contribution in [0.25, 0.3) is 0 Å². The third-order valence-corrected chi connectivity index (χ3v) is 4.30. The summed E-state index contributed by atoms with van der Waals surface area (Å²) in [6.07, 6.45) is 10.2. The van der Waals surface area contributed by atoms with Gasteiger partial charge in [-0.2, -0.15) is 0 Å². The normalized spacial score (nSPS) is 31.0. The molecule has 4 heteroatoms. The molecule has 2 rings (SSSR count). The zero-order valence-corrected chi connectivity index (χ0v) is 11.1. The van der Waals surface area contributed by atoms with Crippen LogP contribution in [-0.2, 0) is 4.79 Å². The van der Waals surface area contributed by atoms with Crippen LogP contribution in [0.1, 0.15) is 25.7 Å². The van der Waals surface area contributed by atoms with Crippen molar-refractivity contribution in [1.82, 2.24) is 15.5 Å². The van der Waals surface area contributed by atoms with Crippen LogP contribution in [0.3, 0.4) is 0 Å². The lowest BCUT2D eigenvalue weighted by Gasteiger charge is -2.36. The van der Waals surface area contributed by atoms with E-state index in [9.17, 15) is 4.79 Å². The molecule has 2 N–H and O–H groups in total. The second kappa shape index (κ2) is 6.21. The van der Waals surface area contributed by atoms with Gasteiger partial charge >= 0.3 is 0 Å². The lowest BCUT2D eigenvalue weighted by Crippen LogP contribution is -2.44. The maximum Gasteiger partial charge on any atom is 0.233 e. The molecule has 2 heterocycles. The van der Waals surface area contributed by atoms with Crippen molar-refractivity contribution in [3.63, 3.8) is 0 Å². The van der Waals surface area contributed by atoms with Gasteiger partial charge in [0.25, 0.3) is 0 Å². The number of nitrogens with zero attached hydrogens (tertiary/aromatic N) is 1. The van der Waals surface area contributed by atoms with Crippen molar-refractivity contribution in [3.05, 3.63) is 0 Å². The Bertz CT molecular complexity index is 322. The van der Waals surface area contributed by atoms with E-state index >= 15 is 0 Å². The monoisotopic (exact) mass is 249 g/mol. The minimum atomic E-state index is 0.0523. The Labute approximate surface area is 109 Å². The number of carbonyl (C=O) groups is 1. The summed E-state index contributed by atoms with van der Waals surface area (Å²) in [7, 11) is 2.24.